The molecule has 0 radical (unpaired) electrons. The quantitative estimate of drug-likeness (QED) is 0.610. The number of methoxy groups -OCH3 is 1. The SMILES string of the molecule is COC(=O)c1ccc(=O)n(-c2cccc(B3OC(C)(C)C(C)(C)O3)c2)n1. The number of esters is 1. The second kappa shape index (κ2) is 6.37. The third-order valence-electron chi connectivity index (χ3n) is 4.83. The van der Waals surface area contributed by atoms with E-state index in [0.29, 0.717) is 5.69 Å². The summed E-state index contributed by atoms with van der Waals surface area (Å²) in [5, 5.41) is 4.09. The van der Waals surface area contributed by atoms with Gasteiger partial charge in [0.1, 0.15) is 0 Å². The van der Waals surface area contributed by atoms with Crippen molar-refractivity contribution in [2.75, 3.05) is 7.11 Å². The van der Waals surface area contributed by atoms with Crippen molar-refractivity contribution in [3.05, 3.63) is 52.4 Å². The fourth-order valence-electron chi connectivity index (χ4n) is 2.59. The highest BCUT2D eigenvalue weighted by atomic mass is 16.7. The standard InChI is InChI=1S/C18H21BN2O5/c1-17(2)18(3,4)26-19(25-17)12-7-6-8-13(11-12)21-15(22)10-9-14(20-21)16(23)24-5/h6-11H,1-5H3. The van der Waals surface area contributed by atoms with Gasteiger partial charge in [-0.1, -0.05) is 12.1 Å². The molecule has 3 rings (SSSR count). The number of carbonyl (C=O) groups excluding carboxylic acids is 1. The molecule has 0 aliphatic carbocycles. The van der Waals surface area contributed by atoms with Crippen LogP contribution in [0.1, 0.15) is 38.2 Å². The minimum Gasteiger partial charge on any atom is -0.464 e. The van der Waals surface area contributed by atoms with Gasteiger partial charge in [0.2, 0.25) is 0 Å². The largest absolute Gasteiger partial charge is 0.494 e. The Morgan fingerprint density at radius 1 is 1.12 bits per heavy atom. The van der Waals surface area contributed by atoms with Crippen LogP contribution in [0.2, 0.25) is 0 Å². The van der Waals surface area contributed by atoms with E-state index in [2.05, 4.69) is 9.84 Å². The van der Waals surface area contributed by atoms with Crippen LogP contribution < -0.4 is 11.0 Å². The number of ether oxygens (including phenoxy) is 1. The smallest absolute Gasteiger partial charge is 0.464 e. The predicted molar refractivity (Wildman–Crippen MR) is 96.9 cm³/mol. The maximum atomic E-state index is 12.2. The van der Waals surface area contributed by atoms with Gasteiger partial charge in [0.05, 0.1) is 24.0 Å². The molecule has 0 N–H and O–H groups in total. The van der Waals surface area contributed by atoms with Crippen molar-refractivity contribution in [2.45, 2.75) is 38.9 Å². The lowest BCUT2D eigenvalue weighted by Crippen LogP contribution is -2.41. The van der Waals surface area contributed by atoms with E-state index in [1.54, 1.807) is 18.2 Å². The van der Waals surface area contributed by atoms with Gasteiger partial charge in [0.25, 0.3) is 5.56 Å². The second-order valence-electron chi connectivity index (χ2n) is 7.14. The van der Waals surface area contributed by atoms with Crippen LogP contribution in [0.15, 0.2) is 41.2 Å². The zero-order valence-electron chi connectivity index (χ0n) is 15.5. The van der Waals surface area contributed by atoms with Gasteiger partial charge >= 0.3 is 13.1 Å². The van der Waals surface area contributed by atoms with E-state index >= 15 is 0 Å². The lowest BCUT2D eigenvalue weighted by molar-refractivity contribution is 0.00578. The fraction of sp³-hybridized carbons (Fsp3) is 0.389. The molecule has 7 nitrogen and oxygen atoms in total. The first-order valence-electron chi connectivity index (χ1n) is 8.29. The number of aromatic nitrogens is 2. The molecule has 1 saturated heterocycles. The number of carbonyl (C=O) groups is 1. The Morgan fingerprint density at radius 3 is 2.38 bits per heavy atom. The number of benzene rings is 1. The molecule has 1 aromatic carbocycles. The molecule has 0 atom stereocenters. The summed E-state index contributed by atoms with van der Waals surface area (Å²) >= 11 is 0. The molecule has 136 valence electrons. The summed E-state index contributed by atoms with van der Waals surface area (Å²) in [6.45, 7) is 7.90. The van der Waals surface area contributed by atoms with E-state index in [-0.39, 0.29) is 11.3 Å². The normalized spacial score (nSPS) is 18.0. The minimum absolute atomic E-state index is 0.0492. The topological polar surface area (TPSA) is 79.7 Å². The van der Waals surface area contributed by atoms with Gasteiger partial charge < -0.3 is 14.0 Å². The molecule has 0 amide bonds. The van der Waals surface area contributed by atoms with E-state index in [1.165, 1.54) is 19.2 Å². The number of hydrogen-bond acceptors (Lipinski definition) is 6. The zero-order valence-corrected chi connectivity index (χ0v) is 15.5. The highest BCUT2D eigenvalue weighted by Crippen LogP contribution is 2.36. The monoisotopic (exact) mass is 356 g/mol. The van der Waals surface area contributed by atoms with Crippen LogP contribution in [-0.2, 0) is 14.0 Å². The minimum atomic E-state index is -0.610. The molecule has 1 fully saturated rings. The summed E-state index contributed by atoms with van der Waals surface area (Å²) in [6.07, 6.45) is 0. The first-order valence-corrected chi connectivity index (χ1v) is 8.29. The van der Waals surface area contributed by atoms with Crippen LogP contribution in [0.4, 0.5) is 0 Å². The Hall–Kier alpha value is -2.45. The Balaban J connectivity index is 1.99. The molecule has 2 aromatic rings. The van der Waals surface area contributed by atoms with Crippen LogP contribution in [-0.4, -0.2) is 41.2 Å². The zero-order chi connectivity index (χ0) is 19.1. The summed E-state index contributed by atoms with van der Waals surface area (Å²) in [6, 6.07) is 9.75. The van der Waals surface area contributed by atoms with E-state index in [0.717, 1.165) is 10.1 Å². The van der Waals surface area contributed by atoms with Crippen LogP contribution >= 0.6 is 0 Å². The highest BCUT2D eigenvalue weighted by Gasteiger charge is 2.51. The third-order valence-corrected chi connectivity index (χ3v) is 4.83. The van der Waals surface area contributed by atoms with Crippen LogP contribution in [0.3, 0.4) is 0 Å². The van der Waals surface area contributed by atoms with E-state index in [9.17, 15) is 9.59 Å². The van der Waals surface area contributed by atoms with Crippen LogP contribution in [0.5, 0.6) is 0 Å². The molecule has 1 aliphatic heterocycles. The van der Waals surface area contributed by atoms with Crippen molar-refractivity contribution in [1.29, 1.82) is 0 Å². The van der Waals surface area contributed by atoms with Gasteiger partial charge in [-0.15, -0.1) is 0 Å². The van der Waals surface area contributed by atoms with Gasteiger partial charge in [0, 0.05) is 6.07 Å². The second-order valence-corrected chi connectivity index (χ2v) is 7.14. The Bertz CT molecular complexity index is 890. The molecule has 26 heavy (non-hydrogen) atoms. The predicted octanol–water partition coefficient (Wildman–Crippen LogP) is 1.32. The molecular weight excluding hydrogens is 335 g/mol. The van der Waals surface area contributed by atoms with Gasteiger partial charge in [-0.3, -0.25) is 4.79 Å². The first-order chi connectivity index (χ1) is 12.1. The fourth-order valence-corrected chi connectivity index (χ4v) is 2.59. The summed E-state index contributed by atoms with van der Waals surface area (Å²) in [5.74, 6) is -0.610. The molecule has 0 bridgehead atoms. The van der Waals surface area contributed by atoms with Crippen molar-refractivity contribution in [3.8, 4) is 5.69 Å². The van der Waals surface area contributed by atoms with Crippen molar-refractivity contribution in [1.82, 2.24) is 9.78 Å². The number of nitrogens with zero attached hydrogens (tertiary/aromatic N) is 2. The summed E-state index contributed by atoms with van der Waals surface area (Å²) < 4.78 is 17.9. The Kier molecular flexibility index (Phi) is 4.50. The Morgan fingerprint density at radius 2 is 1.77 bits per heavy atom. The van der Waals surface area contributed by atoms with Crippen molar-refractivity contribution < 1.29 is 18.8 Å². The molecule has 1 aromatic heterocycles. The van der Waals surface area contributed by atoms with Gasteiger partial charge in [0.15, 0.2) is 5.69 Å². The molecule has 0 unspecified atom stereocenters. The average Bonchev–Trinajstić information content (AvgIpc) is 2.82. The van der Waals surface area contributed by atoms with Gasteiger partial charge in [-0.25, -0.2) is 4.79 Å². The molecule has 0 spiro atoms. The average molecular weight is 356 g/mol. The molecule has 0 saturated carbocycles. The number of hydrogen-bond donors (Lipinski definition) is 0. The van der Waals surface area contributed by atoms with E-state index in [1.807, 2.05) is 33.8 Å². The first kappa shape index (κ1) is 18.3. The van der Waals surface area contributed by atoms with Crippen LogP contribution in [0.25, 0.3) is 5.69 Å². The molecule has 1 aliphatic rings. The number of rotatable bonds is 3. The maximum Gasteiger partial charge on any atom is 0.494 e. The van der Waals surface area contributed by atoms with Crippen molar-refractivity contribution in [3.63, 3.8) is 0 Å². The van der Waals surface area contributed by atoms with Gasteiger partial charge in [-0.05, 0) is 51.4 Å². The Labute approximate surface area is 152 Å². The van der Waals surface area contributed by atoms with E-state index < -0.39 is 24.3 Å². The lowest BCUT2D eigenvalue weighted by Gasteiger charge is -2.32. The summed E-state index contributed by atoms with van der Waals surface area (Å²) in [7, 11) is 0.706. The van der Waals surface area contributed by atoms with Crippen molar-refractivity contribution >= 4 is 18.6 Å². The summed E-state index contributed by atoms with van der Waals surface area (Å²) in [5.41, 5.74) is 0.0318. The molecular formula is C18H21BN2O5. The summed E-state index contributed by atoms with van der Waals surface area (Å²) in [4.78, 5) is 23.9. The highest BCUT2D eigenvalue weighted by molar-refractivity contribution is 6.62. The van der Waals surface area contributed by atoms with Crippen LogP contribution in [0, 0.1) is 0 Å². The third kappa shape index (κ3) is 3.18. The molecule has 2 heterocycles. The maximum absolute atomic E-state index is 12.2. The van der Waals surface area contributed by atoms with Gasteiger partial charge in [-0.2, -0.15) is 9.78 Å². The van der Waals surface area contributed by atoms with E-state index in [4.69, 9.17) is 9.31 Å². The van der Waals surface area contributed by atoms with Crippen molar-refractivity contribution in [2.24, 2.45) is 0 Å². The lowest BCUT2D eigenvalue weighted by atomic mass is 9.79. The molecule has 8 heteroatoms.